The summed E-state index contributed by atoms with van der Waals surface area (Å²) >= 11 is 0. The van der Waals surface area contributed by atoms with E-state index < -0.39 is 8.07 Å². The average Bonchev–Trinajstić information content (AvgIpc) is 2.81. The summed E-state index contributed by atoms with van der Waals surface area (Å²) in [5, 5.41) is 0. The second-order valence-corrected chi connectivity index (χ2v) is 12.9. The summed E-state index contributed by atoms with van der Waals surface area (Å²) in [5.74, 6) is 1.38. The lowest BCUT2D eigenvalue weighted by atomic mass is 9.89. The Morgan fingerprint density at radius 1 is 1.24 bits per heavy atom. The summed E-state index contributed by atoms with van der Waals surface area (Å²) in [7, 11) is -1.31. The van der Waals surface area contributed by atoms with Gasteiger partial charge in [0, 0.05) is 13.6 Å². The monoisotopic (exact) mass is 308 g/mol. The van der Waals surface area contributed by atoms with Gasteiger partial charge >= 0.3 is 5.97 Å². The third kappa shape index (κ3) is 6.64. The Morgan fingerprint density at radius 2 is 1.86 bits per heavy atom. The predicted octanol–water partition coefficient (Wildman–Crippen LogP) is 5.20. The summed E-state index contributed by atoms with van der Waals surface area (Å²) in [6.45, 7) is 13.1. The Bertz CT molecular complexity index is 379. The molecule has 0 N–H and O–H groups in total. The van der Waals surface area contributed by atoms with Crippen molar-refractivity contribution in [3.8, 4) is 0 Å². The highest BCUT2D eigenvalue weighted by atomic mass is 28.3. The zero-order valence-corrected chi connectivity index (χ0v) is 15.3. The van der Waals surface area contributed by atoms with Crippen molar-refractivity contribution in [3.63, 3.8) is 0 Å². The molecule has 0 heterocycles. The molecule has 0 aliphatic heterocycles. The molecule has 21 heavy (non-hydrogen) atoms. The van der Waals surface area contributed by atoms with Gasteiger partial charge in [-0.3, -0.25) is 0 Å². The van der Waals surface area contributed by atoms with Crippen LogP contribution >= 0.6 is 0 Å². The minimum atomic E-state index is -1.31. The molecule has 0 aromatic rings. The Balaban J connectivity index is 2.72. The second-order valence-electron chi connectivity index (χ2n) is 7.40. The molecule has 2 atom stereocenters. The van der Waals surface area contributed by atoms with Crippen molar-refractivity contribution in [2.75, 3.05) is 6.61 Å². The number of ether oxygens (including phenoxy) is 1. The maximum absolute atomic E-state index is 12.1. The van der Waals surface area contributed by atoms with E-state index in [0.29, 0.717) is 12.5 Å². The van der Waals surface area contributed by atoms with Crippen molar-refractivity contribution in [1.82, 2.24) is 0 Å². The van der Waals surface area contributed by atoms with E-state index in [1.165, 1.54) is 19.3 Å². The van der Waals surface area contributed by atoms with Gasteiger partial charge in [0.2, 0.25) is 0 Å². The number of hydrogen-bond donors (Lipinski definition) is 0. The van der Waals surface area contributed by atoms with Gasteiger partial charge in [0.05, 0.1) is 6.61 Å². The molecule has 1 fully saturated rings. The van der Waals surface area contributed by atoms with Crippen LogP contribution in [0.15, 0.2) is 24.3 Å². The van der Waals surface area contributed by atoms with Gasteiger partial charge in [0.1, 0.15) is 0 Å². The van der Waals surface area contributed by atoms with Gasteiger partial charge in [-0.25, -0.2) is 4.79 Å². The van der Waals surface area contributed by atoms with Gasteiger partial charge < -0.3 is 4.74 Å². The van der Waals surface area contributed by atoms with Gasteiger partial charge in [0.15, 0.2) is 0 Å². The van der Waals surface area contributed by atoms with Crippen molar-refractivity contribution >= 4 is 14.0 Å². The molecule has 0 unspecified atom stereocenters. The number of rotatable bonds is 8. The van der Waals surface area contributed by atoms with Crippen LogP contribution in [0.25, 0.3) is 0 Å². The van der Waals surface area contributed by atoms with Gasteiger partial charge in [-0.2, -0.15) is 0 Å². The van der Waals surface area contributed by atoms with Crippen molar-refractivity contribution in [3.05, 3.63) is 24.3 Å². The number of hydrogen-bond acceptors (Lipinski definition) is 2. The van der Waals surface area contributed by atoms with Crippen molar-refractivity contribution in [2.24, 2.45) is 11.8 Å². The lowest BCUT2D eigenvalue weighted by Gasteiger charge is -2.20. The first-order chi connectivity index (χ1) is 9.87. The molecule has 1 aliphatic rings. The minimum Gasteiger partial charge on any atom is -0.463 e. The molecule has 0 aromatic carbocycles. The predicted molar refractivity (Wildman–Crippen MR) is 93.1 cm³/mol. The Hall–Kier alpha value is -0.833. The molecule has 2 nitrogen and oxygen atoms in total. The molecule has 0 saturated heterocycles. The fourth-order valence-electron chi connectivity index (χ4n) is 3.26. The number of allylic oxidation sites excluding steroid dienone is 2. The lowest BCUT2D eigenvalue weighted by molar-refractivity contribution is -0.138. The van der Waals surface area contributed by atoms with Crippen LogP contribution in [0.5, 0.6) is 0 Å². The van der Waals surface area contributed by atoms with Gasteiger partial charge in [-0.15, -0.1) is 6.58 Å². The van der Waals surface area contributed by atoms with Crippen molar-refractivity contribution in [2.45, 2.75) is 64.7 Å². The molecular formula is C18H32O2Si. The smallest absolute Gasteiger partial charge is 0.333 e. The topological polar surface area (TPSA) is 26.3 Å². The highest BCUT2D eigenvalue weighted by Gasteiger charge is 2.26. The fourth-order valence-corrected chi connectivity index (χ4v) is 4.70. The second kappa shape index (κ2) is 8.57. The van der Waals surface area contributed by atoms with Crippen LogP contribution in [-0.2, 0) is 9.53 Å². The molecule has 1 saturated carbocycles. The summed E-state index contributed by atoms with van der Waals surface area (Å²) in [4.78, 5) is 12.1. The molecule has 0 amide bonds. The van der Waals surface area contributed by atoms with E-state index in [1.807, 2.05) is 13.0 Å². The third-order valence-electron chi connectivity index (χ3n) is 4.21. The molecule has 3 heteroatoms. The number of esters is 1. The molecule has 1 rings (SSSR count). The normalized spacial score (nSPS) is 23.1. The first-order valence-corrected chi connectivity index (χ1v) is 12.0. The first-order valence-electron chi connectivity index (χ1n) is 8.34. The Labute approximate surface area is 131 Å². The van der Waals surface area contributed by atoms with Crippen LogP contribution in [0.2, 0.25) is 25.7 Å². The summed E-state index contributed by atoms with van der Waals surface area (Å²) < 4.78 is 5.24. The quantitative estimate of drug-likeness (QED) is 0.267. The SMILES string of the molecule is C=CC[C@@H]1CCC[C@H]1C/C=C(\C[Si](C)(C)C)C(=O)OCC. The summed E-state index contributed by atoms with van der Waals surface area (Å²) in [5.41, 5.74) is 0.917. The summed E-state index contributed by atoms with van der Waals surface area (Å²) in [6.07, 6.45) is 10.3. The standard InChI is InChI=1S/C18H32O2Si/c1-6-9-15-10-8-11-16(15)12-13-17(14-21(3,4)5)18(19)20-7-2/h6,13,15-16H,1,7-12,14H2,2-5H3/b17-13+/t15-,16+/m1/s1. The first kappa shape index (κ1) is 18.2. The van der Waals surface area contributed by atoms with E-state index in [2.05, 4.69) is 32.3 Å². The molecule has 0 spiro atoms. The minimum absolute atomic E-state index is 0.0989. The fraction of sp³-hybridized carbons (Fsp3) is 0.722. The van der Waals surface area contributed by atoms with E-state index in [0.717, 1.165) is 30.4 Å². The van der Waals surface area contributed by atoms with Crippen LogP contribution in [0.3, 0.4) is 0 Å². The van der Waals surface area contributed by atoms with Crippen LogP contribution in [0.1, 0.15) is 39.0 Å². The number of carbonyl (C=O) groups is 1. The molecule has 120 valence electrons. The lowest BCUT2D eigenvalue weighted by Crippen LogP contribution is -2.23. The van der Waals surface area contributed by atoms with Crippen LogP contribution in [0, 0.1) is 11.8 Å². The molecule has 0 aromatic heterocycles. The number of carbonyl (C=O) groups excluding carboxylic acids is 1. The Morgan fingerprint density at radius 3 is 2.38 bits per heavy atom. The zero-order valence-electron chi connectivity index (χ0n) is 14.3. The molecular weight excluding hydrogens is 276 g/mol. The van der Waals surface area contributed by atoms with E-state index in [9.17, 15) is 4.79 Å². The zero-order chi connectivity index (χ0) is 15.9. The highest BCUT2D eigenvalue weighted by Crippen LogP contribution is 2.37. The molecule has 0 bridgehead atoms. The van der Waals surface area contributed by atoms with Crippen molar-refractivity contribution < 1.29 is 9.53 Å². The van der Waals surface area contributed by atoms with Crippen LogP contribution < -0.4 is 0 Å². The maximum atomic E-state index is 12.1. The van der Waals surface area contributed by atoms with Gasteiger partial charge in [-0.05, 0) is 50.5 Å². The molecule has 1 aliphatic carbocycles. The van der Waals surface area contributed by atoms with E-state index in [1.54, 1.807) is 0 Å². The van der Waals surface area contributed by atoms with E-state index >= 15 is 0 Å². The average molecular weight is 309 g/mol. The third-order valence-corrected chi connectivity index (χ3v) is 5.65. The van der Waals surface area contributed by atoms with Crippen LogP contribution in [0.4, 0.5) is 0 Å². The highest BCUT2D eigenvalue weighted by molar-refractivity contribution is 6.77. The van der Waals surface area contributed by atoms with E-state index in [4.69, 9.17) is 4.74 Å². The van der Waals surface area contributed by atoms with Crippen molar-refractivity contribution in [1.29, 1.82) is 0 Å². The van der Waals surface area contributed by atoms with E-state index in [-0.39, 0.29) is 5.97 Å². The summed E-state index contributed by atoms with van der Waals surface area (Å²) in [6, 6.07) is 0.921. The van der Waals surface area contributed by atoms with Gasteiger partial charge in [-0.1, -0.05) is 38.2 Å². The Kier molecular flexibility index (Phi) is 7.43. The molecule has 0 radical (unpaired) electrons. The van der Waals surface area contributed by atoms with Crippen LogP contribution in [-0.4, -0.2) is 20.7 Å². The largest absolute Gasteiger partial charge is 0.463 e. The van der Waals surface area contributed by atoms with Gasteiger partial charge in [0.25, 0.3) is 0 Å². The maximum Gasteiger partial charge on any atom is 0.333 e.